The lowest BCUT2D eigenvalue weighted by Gasteiger charge is -2.12. The molecule has 0 N–H and O–H groups in total. The molecular formula is C10H7NOS2. The monoisotopic (exact) mass is 221 g/mol. The summed E-state index contributed by atoms with van der Waals surface area (Å²) < 4.78 is 6.34. The Bertz CT molecular complexity index is 541. The van der Waals surface area contributed by atoms with E-state index in [1.165, 1.54) is 28.3 Å². The Morgan fingerprint density at radius 1 is 1.36 bits per heavy atom. The highest BCUT2D eigenvalue weighted by atomic mass is 32.2. The highest BCUT2D eigenvalue weighted by molar-refractivity contribution is 7.73. The zero-order valence-corrected chi connectivity index (χ0v) is 8.95. The van der Waals surface area contributed by atoms with E-state index in [0.29, 0.717) is 0 Å². The van der Waals surface area contributed by atoms with E-state index in [4.69, 9.17) is 16.1 Å². The molecule has 0 spiro atoms. The molecule has 2 aromatic rings. The number of aromatic nitrogens is 1. The van der Waals surface area contributed by atoms with E-state index in [1.54, 1.807) is 0 Å². The van der Waals surface area contributed by atoms with Gasteiger partial charge in [-0.25, -0.2) is 0 Å². The maximum Gasteiger partial charge on any atom is 0.133 e. The van der Waals surface area contributed by atoms with Crippen molar-refractivity contribution < 1.29 is 3.85 Å². The zero-order valence-electron chi connectivity index (χ0n) is 7.32. The quantitative estimate of drug-likeness (QED) is 0.546. The van der Waals surface area contributed by atoms with Crippen molar-refractivity contribution in [3.63, 3.8) is 0 Å². The first-order chi connectivity index (χ1) is 6.84. The van der Waals surface area contributed by atoms with Crippen molar-refractivity contribution in [3.05, 3.63) is 44.7 Å². The summed E-state index contributed by atoms with van der Waals surface area (Å²) in [5.74, 6) is 1.04. The molecule has 0 bridgehead atoms. The van der Waals surface area contributed by atoms with Crippen molar-refractivity contribution in [2.75, 3.05) is 0 Å². The van der Waals surface area contributed by atoms with Gasteiger partial charge in [0, 0.05) is 30.8 Å². The predicted molar refractivity (Wildman–Crippen MR) is 57.3 cm³/mol. The molecule has 0 saturated heterocycles. The Kier molecular flexibility index (Phi) is 1.78. The zero-order chi connectivity index (χ0) is 9.54. The Labute approximate surface area is 90.5 Å². The number of pyridine rings is 1. The van der Waals surface area contributed by atoms with Gasteiger partial charge >= 0.3 is 0 Å². The molecule has 0 unspecified atom stereocenters. The fourth-order valence-corrected chi connectivity index (χ4v) is 2.67. The molecule has 0 atom stereocenters. The lowest BCUT2D eigenvalue weighted by atomic mass is 9.93. The molecule has 0 aromatic carbocycles. The number of hydrogen-bond acceptors (Lipinski definition) is 4. The molecule has 2 aromatic heterocycles. The molecule has 1 aliphatic carbocycles. The number of fused-ring (bicyclic) bond motifs is 2. The summed E-state index contributed by atoms with van der Waals surface area (Å²) in [7, 11) is 0. The van der Waals surface area contributed by atoms with Crippen LogP contribution in [0.25, 0.3) is 0 Å². The van der Waals surface area contributed by atoms with Gasteiger partial charge in [0.1, 0.15) is 9.58 Å². The molecule has 1 aliphatic rings. The number of hydrogen-bond donors (Lipinski definition) is 0. The summed E-state index contributed by atoms with van der Waals surface area (Å²) in [6, 6.07) is 2.05. The van der Waals surface area contributed by atoms with E-state index in [2.05, 4.69) is 11.1 Å². The molecule has 0 radical (unpaired) electrons. The lowest BCUT2D eigenvalue weighted by molar-refractivity contribution is 0.611. The Morgan fingerprint density at radius 3 is 3.21 bits per heavy atom. The van der Waals surface area contributed by atoms with Gasteiger partial charge in [-0.1, -0.05) is 12.2 Å². The van der Waals surface area contributed by atoms with Crippen molar-refractivity contribution in [2.24, 2.45) is 0 Å². The van der Waals surface area contributed by atoms with Crippen molar-refractivity contribution in [2.45, 2.75) is 12.8 Å². The van der Waals surface area contributed by atoms with Crippen LogP contribution in [0.5, 0.6) is 0 Å². The maximum atomic E-state index is 5.46. The average Bonchev–Trinajstić information content (AvgIpc) is 2.57. The van der Waals surface area contributed by atoms with Gasteiger partial charge in [0.15, 0.2) is 0 Å². The van der Waals surface area contributed by atoms with Crippen molar-refractivity contribution in [1.82, 2.24) is 4.98 Å². The van der Waals surface area contributed by atoms with Crippen LogP contribution in [0.1, 0.15) is 22.5 Å². The van der Waals surface area contributed by atoms with Crippen LogP contribution < -0.4 is 0 Å². The van der Waals surface area contributed by atoms with E-state index in [1.807, 2.05) is 12.4 Å². The SMILES string of the molecule is S=c1soc2c1Cc1cnccc1C2. The number of rotatable bonds is 0. The van der Waals surface area contributed by atoms with E-state index < -0.39 is 0 Å². The van der Waals surface area contributed by atoms with Crippen LogP contribution in [0.4, 0.5) is 0 Å². The minimum absolute atomic E-state index is 0.861. The highest BCUT2D eigenvalue weighted by Crippen LogP contribution is 2.30. The summed E-state index contributed by atoms with van der Waals surface area (Å²) in [4.78, 5) is 4.12. The minimum atomic E-state index is 0.861. The third-order valence-corrected chi connectivity index (χ3v) is 3.66. The summed E-state index contributed by atoms with van der Waals surface area (Å²) in [5, 5.41) is 0. The second-order valence-electron chi connectivity index (χ2n) is 3.35. The van der Waals surface area contributed by atoms with Crippen LogP contribution in [0, 0.1) is 3.82 Å². The maximum absolute atomic E-state index is 5.46. The summed E-state index contributed by atoms with van der Waals surface area (Å²) >= 11 is 6.52. The van der Waals surface area contributed by atoms with Gasteiger partial charge in [-0.15, -0.1) is 0 Å². The van der Waals surface area contributed by atoms with Crippen LogP contribution in [-0.2, 0) is 12.8 Å². The minimum Gasteiger partial charge on any atom is -0.404 e. The molecule has 2 heterocycles. The topological polar surface area (TPSA) is 26.0 Å². The second kappa shape index (κ2) is 3.00. The molecule has 4 heteroatoms. The summed E-state index contributed by atoms with van der Waals surface area (Å²) in [6.07, 6.45) is 5.49. The molecule has 70 valence electrons. The largest absolute Gasteiger partial charge is 0.404 e. The van der Waals surface area contributed by atoms with Crippen LogP contribution in [0.15, 0.2) is 22.3 Å². The van der Waals surface area contributed by atoms with Crippen molar-refractivity contribution in [1.29, 1.82) is 0 Å². The Hall–Kier alpha value is -1.00. The lowest BCUT2D eigenvalue weighted by Crippen LogP contribution is -2.05. The van der Waals surface area contributed by atoms with Gasteiger partial charge in [-0.2, -0.15) is 0 Å². The summed E-state index contributed by atoms with van der Waals surface area (Å²) in [6.45, 7) is 0. The molecule has 0 aliphatic heterocycles. The standard InChI is InChI=1S/C10H7NOS2/c13-10-8-3-7-5-11-2-1-6(7)4-9(8)12-14-10/h1-2,5H,3-4H2. The first-order valence-corrected chi connectivity index (χ1v) is 5.52. The van der Waals surface area contributed by atoms with Gasteiger partial charge in [0.05, 0.1) is 11.6 Å². The normalized spacial score (nSPS) is 13.4. The fourth-order valence-electron chi connectivity index (χ4n) is 1.76. The van der Waals surface area contributed by atoms with E-state index in [0.717, 1.165) is 22.4 Å². The molecule has 0 saturated carbocycles. The van der Waals surface area contributed by atoms with Crippen LogP contribution in [0.3, 0.4) is 0 Å². The molecule has 14 heavy (non-hydrogen) atoms. The van der Waals surface area contributed by atoms with Crippen molar-refractivity contribution in [3.8, 4) is 0 Å². The predicted octanol–water partition coefficient (Wildman–Crippen LogP) is 2.96. The van der Waals surface area contributed by atoms with Gasteiger partial charge in [-0.3, -0.25) is 4.98 Å². The van der Waals surface area contributed by atoms with Crippen LogP contribution in [0.2, 0.25) is 0 Å². The molecule has 2 nitrogen and oxygen atoms in total. The average molecular weight is 221 g/mol. The van der Waals surface area contributed by atoms with Crippen LogP contribution in [-0.4, -0.2) is 4.98 Å². The Balaban J connectivity index is 2.19. The van der Waals surface area contributed by atoms with Crippen LogP contribution >= 0.6 is 23.9 Å². The highest BCUT2D eigenvalue weighted by Gasteiger charge is 2.19. The third kappa shape index (κ3) is 1.14. The van der Waals surface area contributed by atoms with E-state index in [9.17, 15) is 0 Å². The van der Waals surface area contributed by atoms with E-state index in [-0.39, 0.29) is 0 Å². The summed E-state index contributed by atoms with van der Waals surface area (Å²) in [5.41, 5.74) is 3.77. The van der Waals surface area contributed by atoms with Gasteiger partial charge in [0.2, 0.25) is 0 Å². The molecule has 3 rings (SSSR count). The van der Waals surface area contributed by atoms with E-state index >= 15 is 0 Å². The first-order valence-electron chi connectivity index (χ1n) is 4.37. The molecule has 0 fully saturated rings. The van der Waals surface area contributed by atoms with Gasteiger partial charge in [0.25, 0.3) is 0 Å². The fraction of sp³-hybridized carbons (Fsp3) is 0.200. The molecule has 0 amide bonds. The second-order valence-corrected chi connectivity index (χ2v) is 4.76. The Morgan fingerprint density at radius 2 is 2.29 bits per heavy atom. The van der Waals surface area contributed by atoms with Crippen molar-refractivity contribution >= 4 is 23.9 Å². The smallest absolute Gasteiger partial charge is 0.133 e. The molecular weight excluding hydrogens is 214 g/mol. The first kappa shape index (κ1) is 8.32. The van der Waals surface area contributed by atoms with Gasteiger partial charge < -0.3 is 3.85 Å². The van der Waals surface area contributed by atoms with Gasteiger partial charge in [-0.05, 0) is 17.2 Å². The third-order valence-electron chi connectivity index (χ3n) is 2.52. The number of nitrogens with zero attached hydrogens (tertiary/aromatic N) is 1.